The Kier molecular flexibility index (Phi) is 4.43. The largest absolute Gasteiger partial charge is 0.354 e. The maximum Gasteiger partial charge on any atom is 0.265 e. The Labute approximate surface area is 174 Å². The number of aromatic nitrogens is 2. The van der Waals surface area contributed by atoms with Crippen molar-refractivity contribution in [1.29, 1.82) is 0 Å². The van der Waals surface area contributed by atoms with E-state index in [9.17, 15) is 13.2 Å². The number of hydrogen-bond donors (Lipinski definition) is 1. The Morgan fingerprint density at radius 3 is 2.67 bits per heavy atom. The lowest BCUT2D eigenvalue weighted by molar-refractivity contribution is -0.119. The van der Waals surface area contributed by atoms with Crippen LogP contribution in [0.2, 0.25) is 0 Å². The summed E-state index contributed by atoms with van der Waals surface area (Å²) in [4.78, 5) is 17.1. The molecule has 0 aliphatic carbocycles. The molecule has 30 heavy (non-hydrogen) atoms. The summed E-state index contributed by atoms with van der Waals surface area (Å²) in [7, 11) is -3.72. The van der Waals surface area contributed by atoms with Crippen molar-refractivity contribution >= 4 is 43.4 Å². The van der Waals surface area contributed by atoms with Crippen LogP contribution in [0.5, 0.6) is 0 Å². The molecular weight excluding hydrogens is 400 g/mol. The fourth-order valence-electron chi connectivity index (χ4n) is 3.98. The van der Waals surface area contributed by atoms with E-state index in [-0.39, 0.29) is 17.3 Å². The van der Waals surface area contributed by atoms with E-state index in [1.165, 1.54) is 4.31 Å². The summed E-state index contributed by atoms with van der Waals surface area (Å²) in [5, 5.41) is 4.37. The van der Waals surface area contributed by atoms with Gasteiger partial charge in [0.15, 0.2) is 0 Å². The summed E-state index contributed by atoms with van der Waals surface area (Å²) in [5.41, 5.74) is 2.55. The van der Waals surface area contributed by atoms with E-state index >= 15 is 0 Å². The maximum absolute atomic E-state index is 12.9. The van der Waals surface area contributed by atoms with Crippen molar-refractivity contribution in [2.75, 3.05) is 17.4 Å². The van der Waals surface area contributed by atoms with E-state index in [2.05, 4.69) is 10.3 Å². The molecule has 0 spiro atoms. The third kappa shape index (κ3) is 3.00. The van der Waals surface area contributed by atoms with Crippen molar-refractivity contribution in [3.8, 4) is 0 Å². The number of para-hydroxylation sites is 2. The summed E-state index contributed by atoms with van der Waals surface area (Å²) in [6.45, 7) is 0.939. The molecule has 1 amide bonds. The molecule has 0 radical (unpaired) electrons. The average Bonchev–Trinajstić information content (AvgIpc) is 3.25. The van der Waals surface area contributed by atoms with Crippen LogP contribution in [0, 0.1) is 0 Å². The highest BCUT2D eigenvalue weighted by Crippen LogP contribution is 2.41. The zero-order valence-corrected chi connectivity index (χ0v) is 17.0. The smallest absolute Gasteiger partial charge is 0.265 e. The van der Waals surface area contributed by atoms with Gasteiger partial charge in [0, 0.05) is 18.5 Å². The van der Waals surface area contributed by atoms with E-state index in [0.29, 0.717) is 30.6 Å². The number of anilines is 1. The molecule has 0 saturated carbocycles. The van der Waals surface area contributed by atoms with Gasteiger partial charge in [-0.15, -0.1) is 0 Å². The van der Waals surface area contributed by atoms with E-state index in [0.717, 1.165) is 16.4 Å². The molecule has 3 aromatic carbocycles. The van der Waals surface area contributed by atoms with E-state index < -0.39 is 10.0 Å². The lowest BCUT2D eigenvalue weighted by Gasteiger charge is -2.18. The van der Waals surface area contributed by atoms with Gasteiger partial charge < -0.3 is 9.88 Å². The molecule has 0 atom stereocenters. The van der Waals surface area contributed by atoms with Gasteiger partial charge in [-0.05, 0) is 36.1 Å². The van der Waals surface area contributed by atoms with Gasteiger partial charge in [0.25, 0.3) is 10.0 Å². The summed E-state index contributed by atoms with van der Waals surface area (Å²) in [6, 6.07) is 18.5. The molecule has 8 heteroatoms. The second-order valence-electron chi connectivity index (χ2n) is 7.27. The summed E-state index contributed by atoms with van der Waals surface area (Å²) < 4.78 is 29.1. The number of benzene rings is 3. The lowest BCUT2D eigenvalue weighted by Crippen LogP contribution is -2.39. The zero-order chi connectivity index (χ0) is 20.7. The number of rotatable bonds is 6. The molecule has 0 unspecified atom stereocenters. The van der Waals surface area contributed by atoms with Gasteiger partial charge in [-0.25, -0.2) is 13.4 Å². The number of nitrogens with one attached hydrogen (secondary N) is 1. The second kappa shape index (κ2) is 7.14. The van der Waals surface area contributed by atoms with Crippen LogP contribution in [0.3, 0.4) is 0 Å². The minimum Gasteiger partial charge on any atom is -0.354 e. The highest BCUT2D eigenvalue weighted by molar-refractivity contribution is 7.93. The SMILES string of the molecule is O=C(CN1c2cccc3cccc(c23)S1(=O)=O)NCCCn1cnc2ccccc21. The van der Waals surface area contributed by atoms with Crippen molar-refractivity contribution < 1.29 is 13.2 Å². The predicted octanol–water partition coefficient (Wildman–Crippen LogP) is 2.90. The molecule has 1 N–H and O–H groups in total. The first-order chi connectivity index (χ1) is 14.6. The van der Waals surface area contributed by atoms with Crippen LogP contribution in [0.1, 0.15) is 6.42 Å². The number of amides is 1. The fraction of sp³-hybridized carbons (Fsp3) is 0.182. The van der Waals surface area contributed by atoms with Crippen LogP contribution in [0.15, 0.2) is 71.9 Å². The normalized spacial score (nSPS) is 14.5. The number of carbonyl (C=O) groups is 1. The molecule has 1 aliphatic heterocycles. The number of imidazole rings is 1. The van der Waals surface area contributed by atoms with Crippen molar-refractivity contribution in [1.82, 2.24) is 14.9 Å². The van der Waals surface area contributed by atoms with Gasteiger partial charge in [-0.1, -0.05) is 36.4 Å². The molecule has 1 aliphatic rings. The maximum atomic E-state index is 12.9. The Morgan fingerprint density at radius 2 is 1.80 bits per heavy atom. The monoisotopic (exact) mass is 420 g/mol. The van der Waals surface area contributed by atoms with E-state index in [1.807, 2.05) is 47.0 Å². The van der Waals surface area contributed by atoms with Gasteiger partial charge in [-0.2, -0.15) is 0 Å². The van der Waals surface area contributed by atoms with Gasteiger partial charge >= 0.3 is 0 Å². The zero-order valence-electron chi connectivity index (χ0n) is 16.2. The third-order valence-electron chi connectivity index (χ3n) is 5.39. The molecule has 1 aromatic heterocycles. The van der Waals surface area contributed by atoms with Gasteiger partial charge in [0.05, 0.1) is 27.9 Å². The Bertz CT molecular complexity index is 1370. The number of carbonyl (C=O) groups excluding carboxylic acids is 1. The number of nitrogens with zero attached hydrogens (tertiary/aromatic N) is 3. The first kappa shape index (κ1) is 18.6. The third-order valence-corrected chi connectivity index (χ3v) is 7.20. The minimum atomic E-state index is -3.72. The number of sulfonamides is 1. The standard InChI is InChI=1S/C22H20N4O3S/c27-21(23-12-5-13-25-15-24-17-8-1-2-9-18(17)25)14-26-19-10-3-6-16-7-4-11-20(22(16)19)30(26,28)29/h1-4,6-11,15H,5,12-14H2,(H,23,27). The highest BCUT2D eigenvalue weighted by Gasteiger charge is 2.36. The first-order valence-electron chi connectivity index (χ1n) is 9.77. The van der Waals surface area contributed by atoms with E-state index in [4.69, 9.17) is 0 Å². The van der Waals surface area contributed by atoms with Gasteiger partial charge in [0.2, 0.25) is 5.91 Å². The Balaban J connectivity index is 1.24. The Hall–Kier alpha value is -3.39. The molecule has 5 rings (SSSR count). The van der Waals surface area contributed by atoms with Gasteiger partial charge in [0.1, 0.15) is 6.54 Å². The van der Waals surface area contributed by atoms with Crippen LogP contribution in [-0.2, 0) is 21.4 Å². The van der Waals surface area contributed by atoms with Gasteiger partial charge in [-0.3, -0.25) is 9.10 Å². The van der Waals surface area contributed by atoms with Crippen LogP contribution in [0.25, 0.3) is 21.8 Å². The molecule has 4 aromatic rings. The van der Waals surface area contributed by atoms with Crippen molar-refractivity contribution in [2.45, 2.75) is 17.9 Å². The fourth-order valence-corrected chi connectivity index (χ4v) is 5.65. The average molecular weight is 420 g/mol. The molecule has 7 nitrogen and oxygen atoms in total. The second-order valence-corrected chi connectivity index (χ2v) is 9.10. The van der Waals surface area contributed by atoms with Crippen molar-refractivity contribution in [2.24, 2.45) is 0 Å². The lowest BCUT2D eigenvalue weighted by atomic mass is 10.1. The van der Waals surface area contributed by atoms with Crippen LogP contribution in [-0.4, -0.2) is 37.0 Å². The van der Waals surface area contributed by atoms with Crippen LogP contribution < -0.4 is 9.62 Å². The molecule has 0 fully saturated rings. The van der Waals surface area contributed by atoms with Crippen molar-refractivity contribution in [3.05, 3.63) is 67.0 Å². The Morgan fingerprint density at radius 1 is 1.00 bits per heavy atom. The summed E-state index contributed by atoms with van der Waals surface area (Å²) >= 11 is 0. The van der Waals surface area contributed by atoms with Crippen LogP contribution in [0.4, 0.5) is 5.69 Å². The number of hydrogen-bond acceptors (Lipinski definition) is 4. The predicted molar refractivity (Wildman–Crippen MR) is 116 cm³/mol. The molecule has 0 saturated heterocycles. The first-order valence-corrected chi connectivity index (χ1v) is 11.2. The summed E-state index contributed by atoms with van der Waals surface area (Å²) in [5.74, 6) is -0.320. The topological polar surface area (TPSA) is 84.3 Å². The van der Waals surface area contributed by atoms with Crippen LogP contribution >= 0.6 is 0 Å². The minimum absolute atomic E-state index is 0.232. The van der Waals surface area contributed by atoms with E-state index in [1.54, 1.807) is 24.5 Å². The number of fused-ring (bicyclic) bond motifs is 1. The summed E-state index contributed by atoms with van der Waals surface area (Å²) in [6.07, 6.45) is 2.51. The molecule has 152 valence electrons. The molecular formula is C22H20N4O3S. The van der Waals surface area contributed by atoms with Crippen molar-refractivity contribution in [3.63, 3.8) is 0 Å². The molecule has 2 heterocycles. The number of aryl methyl sites for hydroxylation is 1. The molecule has 0 bridgehead atoms. The quantitative estimate of drug-likeness (QED) is 0.486. The highest BCUT2D eigenvalue weighted by atomic mass is 32.2.